The molecule has 54 heavy (non-hydrogen) atoms. The third-order valence-corrected chi connectivity index (χ3v) is 16.6. The molecule has 1 aliphatic rings. The molecule has 0 aliphatic carbocycles. The van der Waals surface area contributed by atoms with Crippen molar-refractivity contribution in [3.8, 4) is 28.4 Å². The van der Waals surface area contributed by atoms with E-state index in [1.807, 2.05) is 71.1 Å². The van der Waals surface area contributed by atoms with Crippen LogP contribution in [0.4, 0.5) is 0 Å². The third-order valence-electron chi connectivity index (χ3n) is 10.1. The van der Waals surface area contributed by atoms with E-state index in [-0.39, 0.29) is 20.4 Å². The first kappa shape index (κ1) is 34.1. The molecule has 0 spiro atoms. The fraction of sp³-hybridized carbons (Fsp3) is 0. The van der Waals surface area contributed by atoms with Crippen LogP contribution in [0.5, 0.6) is 11.5 Å². The number of ether oxygens (including phenoxy) is 1. The van der Waals surface area contributed by atoms with Crippen LogP contribution in [0.3, 0.4) is 0 Å². The van der Waals surface area contributed by atoms with Gasteiger partial charge in [-0.15, -0.1) is 35.9 Å². The maximum atomic E-state index is 6.47. The summed E-state index contributed by atoms with van der Waals surface area (Å²) in [5.74, 6) is 1.19. The molecule has 4 nitrogen and oxygen atoms in total. The van der Waals surface area contributed by atoms with Gasteiger partial charge < -0.3 is 14.3 Å². The van der Waals surface area contributed by atoms with Gasteiger partial charge in [-0.05, 0) is 51.8 Å². The Bertz CT molecular complexity index is 2770. The van der Waals surface area contributed by atoms with Crippen molar-refractivity contribution in [2.75, 3.05) is 0 Å². The molecular weight excluding hydrogens is 789 g/mol. The smallest absolute Gasteiger partial charge is 0.190 e. The molecule has 0 saturated carbocycles. The van der Waals surface area contributed by atoms with Crippen molar-refractivity contribution in [1.82, 2.24) is 9.55 Å². The van der Waals surface area contributed by atoms with Gasteiger partial charge in [0.2, 0.25) is 0 Å². The van der Waals surface area contributed by atoms with E-state index >= 15 is 0 Å². The van der Waals surface area contributed by atoms with E-state index in [9.17, 15) is 0 Å². The summed E-state index contributed by atoms with van der Waals surface area (Å²) in [7, 11) is 1.70. The zero-order chi connectivity index (χ0) is 35.4. The number of aromatic nitrogens is 3. The molecule has 6 aromatic carbocycles. The van der Waals surface area contributed by atoms with E-state index in [1.165, 1.54) is 35.9 Å². The van der Waals surface area contributed by atoms with Crippen molar-refractivity contribution in [3.63, 3.8) is 0 Å². The number of hydrogen-bond donors (Lipinski definition) is 0. The first-order valence-corrected chi connectivity index (χ1v) is 20.4. The van der Waals surface area contributed by atoms with Crippen molar-refractivity contribution < 1.29 is 29.7 Å². The fourth-order valence-corrected chi connectivity index (χ4v) is 15.0. The van der Waals surface area contributed by atoms with Crippen LogP contribution >= 0.6 is 11.8 Å². The predicted octanol–water partition coefficient (Wildman–Crippen LogP) is 8.01. The molecule has 0 bridgehead atoms. The topological polar surface area (TPSA) is 30.9 Å². The molecular formula is C47H31N3OPdSSi-2. The zero-order valence-electron chi connectivity index (χ0n) is 28.9. The van der Waals surface area contributed by atoms with Crippen molar-refractivity contribution >= 4 is 62.5 Å². The predicted molar refractivity (Wildman–Crippen MR) is 217 cm³/mol. The molecule has 0 atom stereocenters. The summed E-state index contributed by atoms with van der Waals surface area (Å²) in [6.45, 7) is 0. The van der Waals surface area contributed by atoms with Crippen LogP contribution in [0.2, 0.25) is 0 Å². The monoisotopic (exact) mass is 819 g/mol. The molecule has 3 aromatic heterocycles. The molecule has 1 aliphatic heterocycles. The number of pyridine rings is 2. The molecule has 7 heteroatoms. The maximum absolute atomic E-state index is 6.47. The molecule has 0 unspecified atom stereocenters. The minimum atomic E-state index is -2.78. The molecule has 262 valence electrons. The van der Waals surface area contributed by atoms with E-state index in [2.05, 4.69) is 144 Å². The van der Waals surface area contributed by atoms with Gasteiger partial charge in [0.15, 0.2) is 13.7 Å². The van der Waals surface area contributed by atoms with Gasteiger partial charge in [0.05, 0.1) is 4.90 Å². The SMILES string of the molecule is [CH2-][n+]1cccc2c3ccc4c(c3n(-c3[c-]c(Oc5[c-]c(-c6ccccn6)ccc5)ccc3)c21)Sc1ccccc1[Si]4(c1ccccc1)c1ccccc1.[Pd]. The summed E-state index contributed by atoms with van der Waals surface area (Å²) in [5, 5.41) is 7.81. The molecule has 0 amide bonds. The van der Waals surface area contributed by atoms with Crippen LogP contribution < -0.4 is 30.1 Å². The molecule has 0 saturated heterocycles. The van der Waals surface area contributed by atoms with Crippen molar-refractivity contribution in [1.29, 1.82) is 0 Å². The summed E-state index contributed by atoms with van der Waals surface area (Å²) >= 11 is 1.87. The number of benzene rings is 6. The first-order chi connectivity index (χ1) is 26.2. The average molecular weight is 820 g/mol. The standard InChI is InChI=1S/C47H31N3OSSi.Pd/c1-49-30-14-23-40-39-27-28-44-46(52-42-25-8-9-26-43(42)53(44,37-19-4-2-5-20-37)38-21-6-3-7-22-38)45(39)50(47(40)49)34-16-13-18-36(32-34)51-35-17-12-15-33(31-35)41-24-10-11-29-48-41;/h2-30H,1H2;/q-2;. The summed E-state index contributed by atoms with van der Waals surface area (Å²) in [5.41, 5.74) is 4.70. The second-order valence-corrected chi connectivity index (χ2v) is 17.9. The van der Waals surface area contributed by atoms with Crippen LogP contribution in [-0.4, -0.2) is 17.6 Å². The molecule has 0 radical (unpaired) electrons. The van der Waals surface area contributed by atoms with Gasteiger partial charge in [0, 0.05) is 59.5 Å². The number of nitrogens with zero attached hydrogens (tertiary/aromatic N) is 3. The van der Waals surface area contributed by atoms with Crippen LogP contribution in [0.15, 0.2) is 186 Å². The maximum Gasteiger partial charge on any atom is 0.190 e. The normalized spacial score (nSPS) is 12.8. The minimum Gasteiger partial charge on any atom is -0.503 e. The van der Waals surface area contributed by atoms with Gasteiger partial charge in [-0.2, -0.15) is 6.07 Å². The van der Waals surface area contributed by atoms with Gasteiger partial charge in [-0.3, -0.25) is 4.57 Å². The Kier molecular flexibility index (Phi) is 8.81. The van der Waals surface area contributed by atoms with E-state index in [0.29, 0.717) is 11.5 Å². The summed E-state index contributed by atoms with van der Waals surface area (Å²) in [6, 6.07) is 65.1. The van der Waals surface area contributed by atoms with Gasteiger partial charge >= 0.3 is 0 Å². The number of fused-ring (bicyclic) bond motifs is 6. The molecule has 4 heterocycles. The van der Waals surface area contributed by atoms with Crippen LogP contribution in [-0.2, 0) is 20.4 Å². The molecule has 0 fully saturated rings. The molecule has 9 aromatic rings. The van der Waals surface area contributed by atoms with Crippen LogP contribution in [0.1, 0.15) is 0 Å². The average Bonchev–Trinajstić information content (AvgIpc) is 3.57. The van der Waals surface area contributed by atoms with Gasteiger partial charge in [0.1, 0.15) is 5.52 Å². The number of hydrogen-bond acceptors (Lipinski definition) is 3. The third kappa shape index (κ3) is 5.43. The Balaban J connectivity index is 0.00000384. The van der Waals surface area contributed by atoms with Gasteiger partial charge in [-0.1, -0.05) is 139 Å². The summed E-state index contributed by atoms with van der Waals surface area (Å²) in [4.78, 5) is 7.05. The van der Waals surface area contributed by atoms with Crippen molar-refractivity contribution in [3.05, 3.63) is 195 Å². The van der Waals surface area contributed by atoms with Crippen molar-refractivity contribution in [2.45, 2.75) is 9.79 Å². The van der Waals surface area contributed by atoms with E-state index in [0.717, 1.165) is 33.5 Å². The van der Waals surface area contributed by atoms with Gasteiger partial charge in [-0.25, -0.2) is 0 Å². The second-order valence-electron chi connectivity index (χ2n) is 13.1. The Morgan fingerprint density at radius 2 is 1.33 bits per heavy atom. The quantitative estimate of drug-likeness (QED) is 0.0969. The Hall–Kier alpha value is -5.68. The molecule has 0 N–H and O–H groups in total. The summed E-state index contributed by atoms with van der Waals surface area (Å²) < 4.78 is 10.8. The molecule has 10 rings (SSSR count). The Labute approximate surface area is 333 Å². The zero-order valence-corrected chi connectivity index (χ0v) is 32.3. The fourth-order valence-electron chi connectivity index (χ4n) is 7.96. The minimum absolute atomic E-state index is 0. The van der Waals surface area contributed by atoms with E-state index in [1.54, 1.807) is 6.20 Å². The second kappa shape index (κ2) is 13.9. The largest absolute Gasteiger partial charge is 0.503 e. The van der Waals surface area contributed by atoms with Gasteiger partial charge in [0.25, 0.3) is 0 Å². The number of rotatable bonds is 6. The van der Waals surface area contributed by atoms with Crippen molar-refractivity contribution in [2.24, 2.45) is 0 Å². The Morgan fingerprint density at radius 1 is 0.630 bits per heavy atom. The van der Waals surface area contributed by atoms with E-state index in [4.69, 9.17) is 4.74 Å². The Morgan fingerprint density at radius 3 is 2.09 bits per heavy atom. The van der Waals surface area contributed by atoms with Crippen LogP contribution in [0.25, 0.3) is 38.9 Å². The van der Waals surface area contributed by atoms with Crippen LogP contribution in [0, 0.1) is 19.2 Å². The first-order valence-electron chi connectivity index (χ1n) is 17.6. The summed E-state index contributed by atoms with van der Waals surface area (Å²) in [6.07, 6.45) is 3.80. The van der Waals surface area contributed by atoms with E-state index < -0.39 is 8.07 Å².